The molecule has 0 saturated heterocycles. The van der Waals surface area contributed by atoms with Gasteiger partial charge >= 0.3 is 0 Å². The molecule has 0 saturated carbocycles. The Morgan fingerprint density at radius 3 is 3.17 bits per heavy atom. The molecule has 0 bridgehead atoms. The summed E-state index contributed by atoms with van der Waals surface area (Å²) in [6.07, 6.45) is 4.86. The zero-order valence-electron chi connectivity index (χ0n) is 7.30. The van der Waals surface area contributed by atoms with Crippen LogP contribution in [0.2, 0.25) is 0 Å². The summed E-state index contributed by atoms with van der Waals surface area (Å²) in [7, 11) is 0. The van der Waals surface area contributed by atoms with E-state index < -0.39 is 0 Å². The van der Waals surface area contributed by atoms with E-state index in [1.165, 1.54) is 11.5 Å². The Hall–Kier alpha value is -1.23. The van der Waals surface area contributed by atoms with Gasteiger partial charge in [-0.15, -0.1) is 11.8 Å². The largest absolute Gasteiger partial charge is 0.331 e. The molecule has 1 aliphatic heterocycles. The van der Waals surface area contributed by atoms with Gasteiger partial charge in [-0.2, -0.15) is 0 Å². The number of fused-ring (bicyclic) bond motifs is 1. The molecule has 2 heterocycles. The fourth-order valence-corrected chi connectivity index (χ4v) is 1.53. The molecule has 1 aromatic heterocycles. The van der Waals surface area contributed by atoms with E-state index in [4.69, 9.17) is 0 Å². The van der Waals surface area contributed by atoms with Gasteiger partial charge in [0.15, 0.2) is 0 Å². The second kappa shape index (κ2) is 3.02. The molecule has 0 atom stereocenters. The van der Waals surface area contributed by atoms with Gasteiger partial charge in [-0.05, 0) is 6.92 Å². The molecular formula is C10H12N2. The summed E-state index contributed by atoms with van der Waals surface area (Å²) in [5, 5.41) is 0. The number of rotatable bonds is 0. The minimum absolute atomic E-state index is 0.955. The maximum atomic E-state index is 4.35. The first-order valence-corrected chi connectivity index (χ1v) is 4.34. The smallest absolute Gasteiger partial charge is 0.109 e. The number of nitrogens with zero attached hydrogens (tertiary/aromatic N) is 2. The lowest BCUT2D eigenvalue weighted by atomic mass is 10.2. The Morgan fingerprint density at radius 1 is 1.42 bits per heavy atom. The van der Waals surface area contributed by atoms with Crippen molar-refractivity contribution in [3.8, 4) is 11.8 Å². The van der Waals surface area contributed by atoms with Gasteiger partial charge in [0.2, 0.25) is 0 Å². The first-order chi connectivity index (χ1) is 5.88. The third-order valence-electron chi connectivity index (χ3n) is 2.20. The summed E-state index contributed by atoms with van der Waals surface area (Å²) in [6, 6.07) is 0. The highest BCUT2D eigenvalue weighted by Crippen LogP contribution is 2.08. The molecule has 12 heavy (non-hydrogen) atoms. The summed E-state index contributed by atoms with van der Waals surface area (Å²) in [5.74, 6) is 7.48. The maximum absolute atomic E-state index is 4.35. The summed E-state index contributed by atoms with van der Waals surface area (Å²) in [6.45, 7) is 3.11. The van der Waals surface area contributed by atoms with Gasteiger partial charge in [-0.25, -0.2) is 4.98 Å². The van der Waals surface area contributed by atoms with E-state index >= 15 is 0 Å². The van der Waals surface area contributed by atoms with E-state index in [0.717, 1.165) is 25.8 Å². The van der Waals surface area contributed by atoms with Crippen LogP contribution in [-0.4, -0.2) is 9.55 Å². The van der Waals surface area contributed by atoms with Gasteiger partial charge in [0.1, 0.15) is 5.82 Å². The Kier molecular flexibility index (Phi) is 1.87. The molecule has 0 fully saturated rings. The van der Waals surface area contributed by atoms with Crippen molar-refractivity contribution >= 4 is 0 Å². The van der Waals surface area contributed by atoms with Gasteiger partial charge in [0.05, 0.1) is 0 Å². The van der Waals surface area contributed by atoms with E-state index in [1.807, 2.05) is 6.20 Å². The lowest BCUT2D eigenvalue weighted by molar-refractivity contribution is 0.644. The van der Waals surface area contributed by atoms with E-state index in [-0.39, 0.29) is 0 Å². The molecule has 0 radical (unpaired) electrons. The molecule has 2 nitrogen and oxygen atoms in total. The first kappa shape index (κ1) is 7.42. The van der Waals surface area contributed by atoms with E-state index in [9.17, 15) is 0 Å². The Balaban J connectivity index is 2.34. The predicted octanol–water partition coefficient (Wildman–Crippen LogP) is 1.53. The summed E-state index contributed by atoms with van der Waals surface area (Å²) >= 11 is 0. The number of hydrogen-bond donors (Lipinski definition) is 0. The van der Waals surface area contributed by atoms with Gasteiger partial charge < -0.3 is 4.57 Å². The van der Waals surface area contributed by atoms with E-state index in [1.54, 1.807) is 0 Å². The van der Waals surface area contributed by atoms with Crippen molar-refractivity contribution in [2.45, 2.75) is 32.7 Å². The highest BCUT2D eigenvalue weighted by atomic mass is 15.1. The number of imidazole rings is 1. The number of aryl methyl sites for hydroxylation is 2. The fourth-order valence-electron chi connectivity index (χ4n) is 1.53. The van der Waals surface area contributed by atoms with Crippen LogP contribution >= 0.6 is 0 Å². The summed E-state index contributed by atoms with van der Waals surface area (Å²) < 4.78 is 2.27. The van der Waals surface area contributed by atoms with Crippen LogP contribution in [0.25, 0.3) is 0 Å². The van der Waals surface area contributed by atoms with Crippen molar-refractivity contribution in [3.63, 3.8) is 0 Å². The summed E-state index contributed by atoms with van der Waals surface area (Å²) in [5.41, 5.74) is 1.26. The SMILES string of the molecule is Cc1cnc2n1CCC#CCC2. The van der Waals surface area contributed by atoms with Crippen LogP contribution in [0.5, 0.6) is 0 Å². The van der Waals surface area contributed by atoms with Crippen molar-refractivity contribution in [3.05, 3.63) is 17.7 Å². The lowest BCUT2D eigenvalue weighted by Crippen LogP contribution is -2.06. The monoisotopic (exact) mass is 160 g/mol. The molecule has 62 valence electrons. The second-order valence-electron chi connectivity index (χ2n) is 3.07. The number of hydrogen-bond acceptors (Lipinski definition) is 1. The molecule has 0 amide bonds. The third-order valence-corrected chi connectivity index (χ3v) is 2.20. The van der Waals surface area contributed by atoms with Gasteiger partial charge in [0, 0.05) is 37.7 Å². The van der Waals surface area contributed by atoms with E-state index in [0.29, 0.717) is 0 Å². The molecule has 0 unspecified atom stereocenters. The number of aromatic nitrogens is 2. The normalized spacial score (nSPS) is 15.4. The standard InChI is InChI=1S/C10H12N2/c1-9-8-11-10-6-4-2-3-5-7-12(9)10/h8H,4-7H2,1H3. The first-order valence-electron chi connectivity index (χ1n) is 4.34. The topological polar surface area (TPSA) is 17.8 Å². The van der Waals surface area contributed by atoms with Gasteiger partial charge in [0.25, 0.3) is 0 Å². The zero-order valence-corrected chi connectivity index (χ0v) is 7.30. The minimum atomic E-state index is 0.955. The molecule has 2 heteroatoms. The van der Waals surface area contributed by atoms with Crippen LogP contribution in [0.4, 0.5) is 0 Å². The van der Waals surface area contributed by atoms with Crippen molar-refractivity contribution in [2.24, 2.45) is 0 Å². The predicted molar refractivity (Wildman–Crippen MR) is 47.7 cm³/mol. The van der Waals surface area contributed by atoms with Crippen molar-refractivity contribution in [2.75, 3.05) is 0 Å². The molecule has 0 aliphatic carbocycles. The molecule has 0 aromatic carbocycles. The molecule has 1 aromatic rings. The molecule has 0 spiro atoms. The van der Waals surface area contributed by atoms with E-state index in [2.05, 4.69) is 28.3 Å². The van der Waals surface area contributed by atoms with Gasteiger partial charge in [-0.3, -0.25) is 0 Å². The van der Waals surface area contributed by atoms with Crippen LogP contribution in [-0.2, 0) is 13.0 Å². The van der Waals surface area contributed by atoms with Crippen molar-refractivity contribution < 1.29 is 0 Å². The van der Waals surface area contributed by atoms with Crippen LogP contribution in [0.3, 0.4) is 0 Å². The fraction of sp³-hybridized carbons (Fsp3) is 0.500. The molecule has 1 aliphatic rings. The Morgan fingerprint density at radius 2 is 2.25 bits per heavy atom. The molecule has 2 rings (SSSR count). The second-order valence-corrected chi connectivity index (χ2v) is 3.07. The van der Waals surface area contributed by atoms with Crippen LogP contribution in [0, 0.1) is 18.8 Å². The summed E-state index contributed by atoms with van der Waals surface area (Å²) in [4.78, 5) is 4.35. The zero-order chi connectivity index (χ0) is 8.39. The molecular weight excluding hydrogens is 148 g/mol. The quantitative estimate of drug-likeness (QED) is 0.526. The van der Waals surface area contributed by atoms with Gasteiger partial charge in [-0.1, -0.05) is 0 Å². The average Bonchev–Trinajstić information content (AvgIpc) is 2.31. The highest BCUT2D eigenvalue weighted by molar-refractivity contribution is 5.10. The lowest BCUT2D eigenvalue weighted by Gasteiger charge is -2.08. The average molecular weight is 160 g/mol. The Labute approximate surface area is 72.6 Å². The third kappa shape index (κ3) is 1.23. The maximum Gasteiger partial charge on any atom is 0.109 e. The molecule has 0 N–H and O–H groups in total. The van der Waals surface area contributed by atoms with Crippen molar-refractivity contribution in [1.82, 2.24) is 9.55 Å². The Bertz CT molecular complexity index is 338. The van der Waals surface area contributed by atoms with Crippen LogP contribution in [0.1, 0.15) is 24.4 Å². The van der Waals surface area contributed by atoms with Crippen molar-refractivity contribution in [1.29, 1.82) is 0 Å². The highest BCUT2D eigenvalue weighted by Gasteiger charge is 2.06. The van der Waals surface area contributed by atoms with Crippen LogP contribution < -0.4 is 0 Å². The minimum Gasteiger partial charge on any atom is -0.331 e. The van der Waals surface area contributed by atoms with Crippen LogP contribution in [0.15, 0.2) is 6.20 Å².